The molecular formula is C14H18O2. The van der Waals surface area contributed by atoms with Gasteiger partial charge in [-0.2, -0.15) is 0 Å². The summed E-state index contributed by atoms with van der Waals surface area (Å²) in [6, 6.07) is 0. The summed E-state index contributed by atoms with van der Waals surface area (Å²) in [5.74, 6) is 0.0596. The number of Topliss-reactive ketones (excluding diaryl/α,β-unsaturated/α-hetero) is 2. The Hall–Kier alpha value is -1.18. The molecule has 2 heteroatoms. The van der Waals surface area contributed by atoms with Crippen LogP contribution in [-0.4, -0.2) is 11.6 Å². The molecule has 0 N–H and O–H groups in total. The molecule has 0 bridgehead atoms. The summed E-state index contributed by atoms with van der Waals surface area (Å²) in [6.07, 6.45) is 4.26. The second-order valence-corrected chi connectivity index (χ2v) is 4.19. The van der Waals surface area contributed by atoms with Crippen LogP contribution in [0.2, 0.25) is 0 Å². The van der Waals surface area contributed by atoms with Crippen molar-refractivity contribution >= 4 is 11.6 Å². The summed E-state index contributed by atoms with van der Waals surface area (Å²) in [7, 11) is 0. The third-order valence-electron chi connectivity index (χ3n) is 3.15. The minimum absolute atomic E-state index is 0.0192. The Kier molecular flexibility index (Phi) is 4.22. The first-order valence-corrected chi connectivity index (χ1v) is 5.58. The third kappa shape index (κ3) is 2.31. The minimum Gasteiger partial charge on any atom is -0.289 e. The van der Waals surface area contributed by atoms with Gasteiger partial charge in [0.1, 0.15) is 0 Å². The van der Waals surface area contributed by atoms with Gasteiger partial charge in [0.05, 0.1) is 0 Å². The average molecular weight is 218 g/mol. The number of hydrogen-bond donors (Lipinski definition) is 0. The second-order valence-electron chi connectivity index (χ2n) is 4.19. The summed E-state index contributed by atoms with van der Waals surface area (Å²) in [4.78, 5) is 23.8. The zero-order valence-electron chi connectivity index (χ0n) is 10.2. The Morgan fingerprint density at radius 3 is 2.12 bits per heavy atom. The first-order chi connectivity index (χ1) is 7.50. The van der Waals surface area contributed by atoms with Crippen molar-refractivity contribution < 1.29 is 9.59 Å². The highest BCUT2D eigenvalue weighted by Crippen LogP contribution is 2.27. The van der Waals surface area contributed by atoms with Crippen LogP contribution >= 0.6 is 0 Å². The van der Waals surface area contributed by atoms with Crippen LogP contribution in [0.3, 0.4) is 0 Å². The molecule has 0 aliphatic heterocycles. The smallest absolute Gasteiger partial charge is 0.185 e. The largest absolute Gasteiger partial charge is 0.289 e. The Morgan fingerprint density at radius 2 is 1.56 bits per heavy atom. The minimum atomic E-state index is 0.0192. The highest BCUT2D eigenvalue weighted by molar-refractivity contribution is 6.24. The first-order valence-electron chi connectivity index (χ1n) is 5.58. The molecule has 0 heterocycles. The summed E-state index contributed by atoms with van der Waals surface area (Å²) in [5, 5.41) is 0. The molecule has 0 unspecified atom stereocenters. The zero-order chi connectivity index (χ0) is 12.3. The van der Waals surface area contributed by atoms with Crippen LogP contribution in [0, 0.1) is 13.3 Å². The molecule has 0 saturated heterocycles. The molecule has 1 aliphatic carbocycles. The highest BCUT2D eigenvalue weighted by atomic mass is 16.1. The second kappa shape index (κ2) is 5.24. The Balaban J connectivity index is 2.91. The molecule has 1 rings (SSSR count). The predicted octanol–water partition coefficient (Wildman–Crippen LogP) is 3.00. The number of rotatable bonds is 4. The van der Waals surface area contributed by atoms with E-state index in [0.717, 1.165) is 12.8 Å². The van der Waals surface area contributed by atoms with E-state index in [-0.39, 0.29) is 11.6 Å². The molecule has 16 heavy (non-hydrogen) atoms. The van der Waals surface area contributed by atoms with Crippen molar-refractivity contribution in [3.05, 3.63) is 35.6 Å². The molecule has 0 aromatic carbocycles. The van der Waals surface area contributed by atoms with E-state index in [1.54, 1.807) is 20.8 Å². The number of hydrogen-bond acceptors (Lipinski definition) is 2. The quantitative estimate of drug-likeness (QED) is 0.537. The number of allylic oxidation sites excluding steroid dienone is 4. The van der Waals surface area contributed by atoms with E-state index in [1.165, 1.54) is 0 Å². The number of carbonyl (C=O) groups is 2. The van der Waals surface area contributed by atoms with E-state index in [2.05, 4.69) is 6.92 Å². The summed E-state index contributed by atoms with van der Waals surface area (Å²) in [6.45, 7) is 8.85. The van der Waals surface area contributed by atoms with Gasteiger partial charge in [-0.3, -0.25) is 9.59 Å². The van der Waals surface area contributed by atoms with Gasteiger partial charge >= 0.3 is 0 Å². The van der Waals surface area contributed by atoms with Gasteiger partial charge in [0.25, 0.3) is 0 Å². The zero-order valence-corrected chi connectivity index (χ0v) is 10.2. The van der Waals surface area contributed by atoms with Gasteiger partial charge in [0, 0.05) is 22.3 Å². The molecule has 0 saturated carbocycles. The van der Waals surface area contributed by atoms with E-state index < -0.39 is 0 Å². The van der Waals surface area contributed by atoms with Gasteiger partial charge in [0.15, 0.2) is 11.6 Å². The SMILES string of the molecule is [CH2][CH]CCCC1=C(C)C(=O)C(C)=C(C)C1=O. The van der Waals surface area contributed by atoms with E-state index in [0.29, 0.717) is 28.7 Å². The molecule has 1 aliphatic rings. The summed E-state index contributed by atoms with van der Waals surface area (Å²) >= 11 is 0. The van der Waals surface area contributed by atoms with E-state index >= 15 is 0 Å². The fourth-order valence-corrected chi connectivity index (χ4v) is 1.88. The van der Waals surface area contributed by atoms with Crippen molar-refractivity contribution in [3.8, 4) is 0 Å². The standard InChI is InChI=1S/C14H18O2/c1-5-6-7-8-12-11(4)13(15)9(2)10(3)14(12)16/h5H,1,6-8H2,2-4H3. The third-order valence-corrected chi connectivity index (χ3v) is 3.15. The molecule has 0 fully saturated rings. The lowest BCUT2D eigenvalue weighted by Crippen LogP contribution is -2.20. The van der Waals surface area contributed by atoms with E-state index in [9.17, 15) is 9.59 Å². The van der Waals surface area contributed by atoms with Gasteiger partial charge in [-0.15, -0.1) is 0 Å². The van der Waals surface area contributed by atoms with Gasteiger partial charge in [-0.25, -0.2) is 0 Å². The van der Waals surface area contributed by atoms with Gasteiger partial charge in [0.2, 0.25) is 0 Å². The predicted molar refractivity (Wildman–Crippen MR) is 64.6 cm³/mol. The van der Waals surface area contributed by atoms with E-state index in [1.807, 2.05) is 6.42 Å². The van der Waals surface area contributed by atoms with Gasteiger partial charge in [-0.1, -0.05) is 0 Å². The number of ketones is 2. The Labute approximate surface area is 97.4 Å². The molecule has 2 radical (unpaired) electrons. The Morgan fingerprint density at radius 1 is 1.00 bits per heavy atom. The maximum atomic E-state index is 12.0. The molecule has 0 amide bonds. The lowest BCUT2D eigenvalue weighted by molar-refractivity contribution is -0.116. The van der Waals surface area contributed by atoms with Crippen LogP contribution in [0.5, 0.6) is 0 Å². The van der Waals surface area contributed by atoms with Gasteiger partial charge < -0.3 is 0 Å². The van der Waals surface area contributed by atoms with Crippen LogP contribution < -0.4 is 0 Å². The normalized spacial score (nSPS) is 17.5. The molecule has 0 atom stereocenters. The molecular weight excluding hydrogens is 200 g/mol. The summed E-state index contributed by atoms with van der Waals surface area (Å²) < 4.78 is 0. The van der Waals surface area contributed by atoms with Crippen molar-refractivity contribution in [2.75, 3.05) is 0 Å². The van der Waals surface area contributed by atoms with Crippen LogP contribution in [0.4, 0.5) is 0 Å². The van der Waals surface area contributed by atoms with Crippen LogP contribution in [0.15, 0.2) is 22.3 Å². The lowest BCUT2D eigenvalue weighted by atomic mass is 9.84. The van der Waals surface area contributed by atoms with Crippen molar-refractivity contribution in [1.29, 1.82) is 0 Å². The molecule has 0 aromatic heterocycles. The van der Waals surface area contributed by atoms with Gasteiger partial charge in [-0.05, 0) is 53.4 Å². The fourth-order valence-electron chi connectivity index (χ4n) is 1.88. The monoisotopic (exact) mass is 218 g/mol. The number of unbranched alkanes of at least 4 members (excludes halogenated alkanes) is 2. The highest BCUT2D eigenvalue weighted by Gasteiger charge is 2.26. The Bertz CT molecular complexity index is 384. The van der Waals surface area contributed by atoms with Crippen molar-refractivity contribution in [3.63, 3.8) is 0 Å². The molecule has 0 spiro atoms. The molecule has 0 aromatic rings. The average Bonchev–Trinajstić information content (AvgIpc) is 2.28. The molecule has 2 nitrogen and oxygen atoms in total. The molecule has 86 valence electrons. The van der Waals surface area contributed by atoms with Crippen molar-refractivity contribution in [2.24, 2.45) is 0 Å². The van der Waals surface area contributed by atoms with Crippen molar-refractivity contribution in [2.45, 2.75) is 40.0 Å². The topological polar surface area (TPSA) is 34.1 Å². The maximum absolute atomic E-state index is 12.0. The fraction of sp³-hybridized carbons (Fsp3) is 0.429. The summed E-state index contributed by atoms with van der Waals surface area (Å²) in [5.41, 5.74) is 2.51. The first kappa shape index (κ1) is 12.9. The van der Waals surface area contributed by atoms with Crippen LogP contribution in [0.25, 0.3) is 0 Å². The van der Waals surface area contributed by atoms with Crippen LogP contribution in [-0.2, 0) is 9.59 Å². The van der Waals surface area contributed by atoms with Crippen LogP contribution in [0.1, 0.15) is 40.0 Å². The maximum Gasteiger partial charge on any atom is 0.185 e. The lowest BCUT2D eigenvalue weighted by Gasteiger charge is -2.18. The number of carbonyl (C=O) groups excluding carboxylic acids is 2. The van der Waals surface area contributed by atoms with E-state index in [4.69, 9.17) is 0 Å². The van der Waals surface area contributed by atoms with Crippen molar-refractivity contribution in [1.82, 2.24) is 0 Å².